The van der Waals surface area contributed by atoms with Crippen molar-refractivity contribution >= 4 is 11.9 Å². The summed E-state index contributed by atoms with van der Waals surface area (Å²) >= 11 is 0. The van der Waals surface area contributed by atoms with Crippen LogP contribution in [0.2, 0.25) is 0 Å². The number of carbonyl (C=O) groups is 1. The second-order valence-electron chi connectivity index (χ2n) is 4.73. The van der Waals surface area contributed by atoms with Gasteiger partial charge in [-0.05, 0) is 18.2 Å². The van der Waals surface area contributed by atoms with Gasteiger partial charge in [-0.3, -0.25) is 14.9 Å². The first kappa shape index (κ1) is 15.4. The number of H-pyrrole nitrogens is 1. The summed E-state index contributed by atoms with van der Waals surface area (Å²) in [6.07, 6.45) is 1.27. The van der Waals surface area contributed by atoms with Crippen LogP contribution in [0.3, 0.4) is 0 Å². The SMILES string of the molecule is O=C(Nc1ncn[nH]1)c1ccc(=O)n(CCOc2ccccc2)n1. The first-order chi connectivity index (χ1) is 11.7. The lowest BCUT2D eigenvalue weighted by atomic mass is 10.3. The summed E-state index contributed by atoms with van der Waals surface area (Å²) in [6.45, 7) is 0.473. The topological polar surface area (TPSA) is 115 Å². The van der Waals surface area contributed by atoms with Crippen molar-refractivity contribution in [1.29, 1.82) is 0 Å². The van der Waals surface area contributed by atoms with Gasteiger partial charge < -0.3 is 4.74 Å². The predicted molar refractivity (Wildman–Crippen MR) is 84.8 cm³/mol. The molecule has 0 saturated carbocycles. The summed E-state index contributed by atoms with van der Waals surface area (Å²) in [4.78, 5) is 27.7. The van der Waals surface area contributed by atoms with Crippen molar-refractivity contribution in [3.63, 3.8) is 0 Å². The Hall–Kier alpha value is -3.49. The number of carbonyl (C=O) groups excluding carboxylic acids is 1. The molecule has 9 heteroatoms. The van der Waals surface area contributed by atoms with Crippen LogP contribution in [0.5, 0.6) is 5.75 Å². The fourth-order valence-electron chi connectivity index (χ4n) is 1.93. The second kappa shape index (κ2) is 7.18. The van der Waals surface area contributed by atoms with Gasteiger partial charge in [0.25, 0.3) is 11.5 Å². The van der Waals surface area contributed by atoms with E-state index in [2.05, 4.69) is 25.6 Å². The fourth-order valence-corrected chi connectivity index (χ4v) is 1.93. The van der Waals surface area contributed by atoms with Crippen LogP contribution in [-0.2, 0) is 6.54 Å². The van der Waals surface area contributed by atoms with E-state index in [1.54, 1.807) is 0 Å². The molecular weight excluding hydrogens is 312 g/mol. The van der Waals surface area contributed by atoms with E-state index in [1.165, 1.54) is 23.1 Å². The van der Waals surface area contributed by atoms with Crippen LogP contribution in [0.15, 0.2) is 53.6 Å². The monoisotopic (exact) mass is 326 g/mol. The standard InChI is InChI=1S/C15H14N6O3/c22-13-7-6-12(14(23)18-15-16-10-17-19-15)20-21(13)8-9-24-11-4-2-1-3-5-11/h1-7,10H,8-9H2,(H2,16,17,18,19,23). The third kappa shape index (κ3) is 3.83. The van der Waals surface area contributed by atoms with Crippen LogP contribution in [0.25, 0.3) is 0 Å². The van der Waals surface area contributed by atoms with Crippen molar-refractivity contribution in [1.82, 2.24) is 25.0 Å². The van der Waals surface area contributed by atoms with E-state index in [1.807, 2.05) is 30.3 Å². The molecule has 0 aliphatic rings. The number of hydrogen-bond acceptors (Lipinski definition) is 6. The fraction of sp³-hybridized carbons (Fsp3) is 0.133. The number of aromatic amines is 1. The number of hydrogen-bond donors (Lipinski definition) is 2. The van der Waals surface area contributed by atoms with Crippen LogP contribution < -0.4 is 15.6 Å². The number of nitrogens with zero attached hydrogens (tertiary/aromatic N) is 4. The molecule has 0 spiro atoms. The van der Waals surface area contributed by atoms with Crippen molar-refractivity contribution in [2.24, 2.45) is 0 Å². The molecule has 3 aromatic rings. The van der Waals surface area contributed by atoms with Crippen LogP contribution >= 0.6 is 0 Å². The molecule has 0 saturated heterocycles. The molecule has 122 valence electrons. The molecular formula is C15H14N6O3. The number of para-hydroxylation sites is 1. The van der Waals surface area contributed by atoms with Gasteiger partial charge in [0.05, 0.1) is 6.54 Å². The van der Waals surface area contributed by atoms with Crippen LogP contribution in [0.1, 0.15) is 10.5 Å². The van der Waals surface area contributed by atoms with Crippen molar-refractivity contribution in [2.75, 3.05) is 11.9 Å². The molecule has 24 heavy (non-hydrogen) atoms. The van der Waals surface area contributed by atoms with E-state index in [0.717, 1.165) is 0 Å². The Balaban J connectivity index is 1.65. The minimum atomic E-state index is -0.496. The maximum Gasteiger partial charge on any atom is 0.278 e. The van der Waals surface area contributed by atoms with Gasteiger partial charge in [-0.2, -0.15) is 15.2 Å². The molecule has 2 heterocycles. The Kier molecular flexibility index (Phi) is 4.61. The van der Waals surface area contributed by atoms with Crippen LogP contribution in [-0.4, -0.2) is 37.5 Å². The van der Waals surface area contributed by atoms with E-state index < -0.39 is 5.91 Å². The van der Waals surface area contributed by atoms with Gasteiger partial charge in [-0.25, -0.2) is 9.78 Å². The second-order valence-corrected chi connectivity index (χ2v) is 4.73. The maximum absolute atomic E-state index is 12.1. The molecule has 0 bridgehead atoms. The van der Waals surface area contributed by atoms with Gasteiger partial charge in [-0.15, -0.1) is 0 Å². The molecule has 0 aliphatic heterocycles. The molecule has 2 N–H and O–H groups in total. The summed E-state index contributed by atoms with van der Waals surface area (Å²) in [7, 11) is 0. The highest BCUT2D eigenvalue weighted by atomic mass is 16.5. The van der Waals surface area contributed by atoms with Crippen molar-refractivity contribution in [2.45, 2.75) is 6.54 Å². The molecule has 3 rings (SSSR count). The van der Waals surface area contributed by atoms with Crippen molar-refractivity contribution in [3.8, 4) is 5.75 Å². The Morgan fingerprint density at radius 2 is 2.04 bits per heavy atom. The maximum atomic E-state index is 12.1. The van der Waals surface area contributed by atoms with Crippen LogP contribution in [0, 0.1) is 0 Å². The normalized spacial score (nSPS) is 10.3. The van der Waals surface area contributed by atoms with Gasteiger partial charge in [0.15, 0.2) is 0 Å². The predicted octanol–water partition coefficient (Wildman–Crippen LogP) is 0.693. The van der Waals surface area contributed by atoms with Gasteiger partial charge >= 0.3 is 0 Å². The van der Waals surface area contributed by atoms with E-state index in [4.69, 9.17) is 4.74 Å². The quantitative estimate of drug-likeness (QED) is 0.689. The van der Waals surface area contributed by atoms with Gasteiger partial charge in [0.1, 0.15) is 24.4 Å². The summed E-state index contributed by atoms with van der Waals surface area (Å²) in [5.41, 5.74) is -0.228. The average Bonchev–Trinajstić information content (AvgIpc) is 3.10. The number of ether oxygens (including phenoxy) is 1. The highest BCUT2D eigenvalue weighted by Gasteiger charge is 2.11. The van der Waals surface area contributed by atoms with E-state index >= 15 is 0 Å². The molecule has 0 radical (unpaired) electrons. The largest absolute Gasteiger partial charge is 0.492 e. The van der Waals surface area contributed by atoms with E-state index in [9.17, 15) is 9.59 Å². The van der Waals surface area contributed by atoms with E-state index in [-0.39, 0.29) is 30.4 Å². The highest BCUT2D eigenvalue weighted by molar-refractivity contribution is 6.01. The minimum absolute atomic E-state index is 0.0886. The summed E-state index contributed by atoms with van der Waals surface area (Å²) < 4.78 is 6.71. The molecule has 1 aromatic carbocycles. The number of nitrogens with one attached hydrogen (secondary N) is 2. The molecule has 0 fully saturated rings. The smallest absolute Gasteiger partial charge is 0.278 e. The first-order valence-electron chi connectivity index (χ1n) is 7.15. The Labute approximate surface area is 136 Å². The zero-order chi connectivity index (χ0) is 16.8. The van der Waals surface area contributed by atoms with Crippen LogP contribution in [0.4, 0.5) is 5.95 Å². The number of rotatable bonds is 6. The van der Waals surface area contributed by atoms with Crippen molar-refractivity contribution < 1.29 is 9.53 Å². The Bertz CT molecular complexity index is 860. The van der Waals surface area contributed by atoms with Gasteiger partial charge in [-0.1, -0.05) is 18.2 Å². The molecule has 1 amide bonds. The lowest BCUT2D eigenvalue weighted by Crippen LogP contribution is -2.28. The molecule has 0 aliphatic carbocycles. The molecule has 0 unspecified atom stereocenters. The summed E-state index contributed by atoms with van der Waals surface area (Å²) in [5.74, 6) is 0.404. The zero-order valence-electron chi connectivity index (χ0n) is 12.5. The lowest BCUT2D eigenvalue weighted by Gasteiger charge is -2.08. The highest BCUT2D eigenvalue weighted by Crippen LogP contribution is 2.07. The first-order valence-corrected chi connectivity index (χ1v) is 7.15. The third-order valence-electron chi connectivity index (χ3n) is 3.06. The van der Waals surface area contributed by atoms with Crippen molar-refractivity contribution in [3.05, 3.63) is 64.8 Å². The van der Waals surface area contributed by atoms with E-state index in [0.29, 0.717) is 5.75 Å². The minimum Gasteiger partial charge on any atom is -0.492 e. The Morgan fingerprint density at radius 1 is 1.21 bits per heavy atom. The third-order valence-corrected chi connectivity index (χ3v) is 3.06. The van der Waals surface area contributed by atoms with Gasteiger partial charge in [0, 0.05) is 6.07 Å². The lowest BCUT2D eigenvalue weighted by molar-refractivity contribution is 0.101. The number of anilines is 1. The molecule has 0 atom stereocenters. The van der Waals surface area contributed by atoms with Gasteiger partial charge in [0.2, 0.25) is 5.95 Å². The summed E-state index contributed by atoms with van der Waals surface area (Å²) in [5, 5.41) is 12.7. The average molecular weight is 326 g/mol. The Morgan fingerprint density at radius 3 is 2.79 bits per heavy atom. The number of aromatic nitrogens is 5. The number of amides is 1. The zero-order valence-corrected chi connectivity index (χ0v) is 12.5. The molecule has 9 nitrogen and oxygen atoms in total. The molecule has 2 aromatic heterocycles. The summed E-state index contributed by atoms with van der Waals surface area (Å²) in [6, 6.07) is 11.9. The number of benzene rings is 1.